The summed E-state index contributed by atoms with van der Waals surface area (Å²) in [6, 6.07) is 1.55. The Bertz CT molecular complexity index is 524. The third-order valence-corrected chi connectivity index (χ3v) is 2.59. The number of rotatable bonds is 2. The summed E-state index contributed by atoms with van der Waals surface area (Å²) in [6.45, 7) is 4.03. The van der Waals surface area contributed by atoms with Crippen LogP contribution in [-0.4, -0.2) is 28.9 Å². The SMILES string of the molecule is C=C(C(N)=O)c1cnc2c(c1)CN(C)C(=O)N2. The molecule has 0 aromatic carbocycles. The predicted molar refractivity (Wildman–Crippen MR) is 63.0 cm³/mol. The number of nitrogens with one attached hydrogen (secondary N) is 1. The number of carbonyl (C=O) groups is 2. The number of aromatic nitrogens is 1. The molecule has 0 aliphatic carbocycles. The van der Waals surface area contributed by atoms with E-state index in [1.54, 1.807) is 13.1 Å². The van der Waals surface area contributed by atoms with Crippen molar-refractivity contribution >= 4 is 23.3 Å². The van der Waals surface area contributed by atoms with Crippen LogP contribution in [0.1, 0.15) is 11.1 Å². The standard InChI is InChI=1S/C11H12N4O2/c1-6(9(12)16)7-3-8-5-15(2)11(17)14-10(8)13-4-7/h3-4H,1,5H2,2H3,(H2,12,16)(H,13,14,17). The molecule has 88 valence electrons. The number of pyridine rings is 1. The minimum Gasteiger partial charge on any atom is -0.366 e. The quantitative estimate of drug-likeness (QED) is 0.730. The van der Waals surface area contributed by atoms with E-state index in [0.29, 0.717) is 17.9 Å². The molecule has 2 rings (SSSR count). The molecule has 6 heteroatoms. The van der Waals surface area contributed by atoms with Crippen LogP contribution in [0.2, 0.25) is 0 Å². The number of urea groups is 1. The monoisotopic (exact) mass is 232 g/mol. The van der Waals surface area contributed by atoms with Crippen molar-refractivity contribution in [2.75, 3.05) is 12.4 Å². The Labute approximate surface area is 98.1 Å². The minimum atomic E-state index is -0.583. The van der Waals surface area contributed by atoms with E-state index in [4.69, 9.17) is 5.73 Å². The zero-order chi connectivity index (χ0) is 12.6. The van der Waals surface area contributed by atoms with Crippen molar-refractivity contribution < 1.29 is 9.59 Å². The highest BCUT2D eigenvalue weighted by molar-refractivity contribution is 6.17. The molecule has 0 saturated carbocycles. The second-order valence-corrected chi connectivity index (χ2v) is 3.86. The molecule has 0 radical (unpaired) electrons. The smallest absolute Gasteiger partial charge is 0.323 e. The summed E-state index contributed by atoms with van der Waals surface area (Å²) in [7, 11) is 1.67. The van der Waals surface area contributed by atoms with E-state index in [1.165, 1.54) is 11.1 Å². The van der Waals surface area contributed by atoms with Gasteiger partial charge in [-0.2, -0.15) is 0 Å². The molecule has 3 N–H and O–H groups in total. The predicted octanol–water partition coefficient (Wildman–Crippen LogP) is 0.557. The molecule has 0 unspecified atom stereocenters. The number of fused-ring (bicyclic) bond motifs is 1. The van der Waals surface area contributed by atoms with E-state index in [2.05, 4.69) is 16.9 Å². The molecule has 1 aromatic rings. The fourth-order valence-corrected chi connectivity index (χ4v) is 1.57. The summed E-state index contributed by atoms with van der Waals surface area (Å²) in [5.41, 5.74) is 6.75. The van der Waals surface area contributed by atoms with Gasteiger partial charge in [0.1, 0.15) is 5.82 Å². The van der Waals surface area contributed by atoms with Gasteiger partial charge >= 0.3 is 6.03 Å². The molecule has 1 aliphatic heterocycles. The van der Waals surface area contributed by atoms with Crippen LogP contribution in [0.25, 0.3) is 5.57 Å². The number of nitrogens with two attached hydrogens (primary N) is 1. The highest BCUT2D eigenvalue weighted by Gasteiger charge is 2.21. The number of carbonyl (C=O) groups excluding carboxylic acids is 2. The minimum absolute atomic E-state index is 0.202. The first kappa shape index (κ1) is 11.1. The van der Waals surface area contributed by atoms with Gasteiger partial charge in [0.2, 0.25) is 5.91 Å². The first-order chi connectivity index (χ1) is 7.99. The number of primary amides is 1. The summed E-state index contributed by atoms with van der Waals surface area (Å²) in [5, 5.41) is 2.64. The average Bonchev–Trinajstić information content (AvgIpc) is 2.29. The summed E-state index contributed by atoms with van der Waals surface area (Å²) in [5.74, 6) is -0.0749. The second kappa shape index (κ2) is 3.89. The van der Waals surface area contributed by atoms with Gasteiger partial charge in [-0.15, -0.1) is 0 Å². The number of hydrogen-bond donors (Lipinski definition) is 2. The molecule has 6 nitrogen and oxygen atoms in total. The maximum absolute atomic E-state index is 11.4. The van der Waals surface area contributed by atoms with E-state index >= 15 is 0 Å². The Morgan fingerprint density at radius 1 is 1.65 bits per heavy atom. The fraction of sp³-hybridized carbons (Fsp3) is 0.182. The van der Waals surface area contributed by atoms with Crippen LogP contribution >= 0.6 is 0 Å². The van der Waals surface area contributed by atoms with Gasteiger partial charge in [-0.05, 0) is 6.07 Å². The summed E-state index contributed by atoms with van der Waals surface area (Å²) in [4.78, 5) is 28.0. The Kier molecular flexibility index (Phi) is 2.55. The summed E-state index contributed by atoms with van der Waals surface area (Å²) < 4.78 is 0. The van der Waals surface area contributed by atoms with Crippen LogP contribution in [0, 0.1) is 0 Å². The van der Waals surface area contributed by atoms with Gasteiger partial charge in [-0.3, -0.25) is 10.1 Å². The molecular formula is C11H12N4O2. The molecule has 0 spiro atoms. The van der Waals surface area contributed by atoms with Crippen molar-refractivity contribution in [2.45, 2.75) is 6.54 Å². The molecule has 1 aromatic heterocycles. The maximum Gasteiger partial charge on any atom is 0.323 e. The maximum atomic E-state index is 11.4. The van der Waals surface area contributed by atoms with Crippen LogP contribution in [-0.2, 0) is 11.3 Å². The molecule has 2 heterocycles. The average molecular weight is 232 g/mol. The lowest BCUT2D eigenvalue weighted by molar-refractivity contribution is -0.112. The van der Waals surface area contributed by atoms with Gasteiger partial charge in [0.05, 0.1) is 6.54 Å². The van der Waals surface area contributed by atoms with Crippen LogP contribution < -0.4 is 11.1 Å². The molecule has 0 fully saturated rings. The normalized spacial score (nSPS) is 13.9. The first-order valence-electron chi connectivity index (χ1n) is 4.99. The number of nitrogens with zero attached hydrogens (tertiary/aromatic N) is 2. The number of hydrogen-bond acceptors (Lipinski definition) is 3. The number of amides is 3. The van der Waals surface area contributed by atoms with Crippen LogP contribution in [0.4, 0.5) is 10.6 Å². The number of anilines is 1. The van der Waals surface area contributed by atoms with Gasteiger partial charge < -0.3 is 10.6 Å². The van der Waals surface area contributed by atoms with Gasteiger partial charge in [-0.25, -0.2) is 9.78 Å². The molecule has 17 heavy (non-hydrogen) atoms. The van der Waals surface area contributed by atoms with Crippen molar-refractivity contribution in [1.29, 1.82) is 0 Å². The lowest BCUT2D eigenvalue weighted by atomic mass is 10.1. The van der Waals surface area contributed by atoms with Gasteiger partial charge in [0.25, 0.3) is 0 Å². The van der Waals surface area contributed by atoms with E-state index < -0.39 is 5.91 Å². The van der Waals surface area contributed by atoms with Crippen LogP contribution in [0.15, 0.2) is 18.8 Å². The highest BCUT2D eigenvalue weighted by atomic mass is 16.2. The Morgan fingerprint density at radius 2 is 2.35 bits per heavy atom. The zero-order valence-electron chi connectivity index (χ0n) is 9.36. The lowest BCUT2D eigenvalue weighted by Gasteiger charge is -2.25. The Hall–Kier alpha value is -2.37. The molecule has 0 saturated heterocycles. The second-order valence-electron chi connectivity index (χ2n) is 3.86. The fourth-order valence-electron chi connectivity index (χ4n) is 1.57. The van der Waals surface area contributed by atoms with E-state index in [9.17, 15) is 9.59 Å². The van der Waals surface area contributed by atoms with Crippen molar-refractivity contribution in [3.05, 3.63) is 30.0 Å². The van der Waals surface area contributed by atoms with Gasteiger partial charge in [0, 0.05) is 29.9 Å². The lowest BCUT2D eigenvalue weighted by Crippen LogP contribution is -2.36. The molecular weight excluding hydrogens is 220 g/mol. The van der Waals surface area contributed by atoms with Crippen molar-refractivity contribution in [3.63, 3.8) is 0 Å². The largest absolute Gasteiger partial charge is 0.366 e. The van der Waals surface area contributed by atoms with Crippen LogP contribution in [0.5, 0.6) is 0 Å². The third kappa shape index (κ3) is 1.96. The van der Waals surface area contributed by atoms with E-state index in [1.807, 2.05) is 0 Å². The topological polar surface area (TPSA) is 88.3 Å². The van der Waals surface area contributed by atoms with Crippen molar-refractivity contribution in [3.8, 4) is 0 Å². The van der Waals surface area contributed by atoms with Gasteiger partial charge in [0.15, 0.2) is 0 Å². The Balaban J connectivity index is 2.38. The van der Waals surface area contributed by atoms with Gasteiger partial charge in [-0.1, -0.05) is 6.58 Å². The van der Waals surface area contributed by atoms with E-state index in [-0.39, 0.29) is 11.6 Å². The third-order valence-electron chi connectivity index (χ3n) is 2.59. The summed E-state index contributed by atoms with van der Waals surface area (Å²) >= 11 is 0. The highest BCUT2D eigenvalue weighted by Crippen LogP contribution is 2.23. The first-order valence-corrected chi connectivity index (χ1v) is 4.99. The van der Waals surface area contributed by atoms with Crippen molar-refractivity contribution in [2.24, 2.45) is 5.73 Å². The van der Waals surface area contributed by atoms with E-state index in [0.717, 1.165) is 5.56 Å². The molecule has 1 aliphatic rings. The zero-order valence-corrected chi connectivity index (χ0v) is 9.36. The molecule has 0 atom stereocenters. The summed E-state index contributed by atoms with van der Waals surface area (Å²) in [6.07, 6.45) is 1.47. The Morgan fingerprint density at radius 3 is 3.00 bits per heavy atom. The van der Waals surface area contributed by atoms with Crippen molar-refractivity contribution in [1.82, 2.24) is 9.88 Å². The molecule has 3 amide bonds. The molecule has 0 bridgehead atoms. The van der Waals surface area contributed by atoms with Crippen LogP contribution in [0.3, 0.4) is 0 Å².